The van der Waals surface area contributed by atoms with Gasteiger partial charge >= 0.3 is 54.7 Å². The second kappa shape index (κ2) is 9.62. The molecule has 0 N–H and O–H groups in total. The molecule has 1 aliphatic rings. The summed E-state index contributed by atoms with van der Waals surface area (Å²) in [4.78, 5) is 0. The maximum absolute atomic E-state index is 14.8. The van der Waals surface area contributed by atoms with Crippen molar-refractivity contribution in [1.82, 2.24) is 0 Å². The van der Waals surface area contributed by atoms with Crippen LogP contribution >= 0.6 is 0 Å². The summed E-state index contributed by atoms with van der Waals surface area (Å²) < 4.78 is 232. The van der Waals surface area contributed by atoms with E-state index in [2.05, 4.69) is 14.2 Å². The molecule has 1 unspecified atom stereocenters. The fourth-order valence-electron chi connectivity index (χ4n) is 2.32. The van der Waals surface area contributed by atoms with Crippen molar-refractivity contribution in [3.05, 3.63) is 0 Å². The van der Waals surface area contributed by atoms with Crippen molar-refractivity contribution in [2.75, 3.05) is 19.8 Å². The summed E-state index contributed by atoms with van der Waals surface area (Å²) in [5, 5.41) is 0. The minimum atomic E-state index is -6.59. The Hall–Kier alpha value is -1.31. The van der Waals surface area contributed by atoms with Gasteiger partial charge in [0.2, 0.25) is 0 Å². The smallest absolute Gasteiger partial charge is 0.363 e. The predicted molar refractivity (Wildman–Crippen MR) is 72.0 cm³/mol. The fourth-order valence-corrected chi connectivity index (χ4v) is 2.32. The van der Waals surface area contributed by atoms with Crippen LogP contribution in [0.15, 0.2) is 0 Å². The van der Waals surface area contributed by atoms with Gasteiger partial charge in [-0.1, -0.05) is 0 Å². The number of halogens is 17. The van der Waals surface area contributed by atoms with Crippen molar-refractivity contribution in [2.45, 2.75) is 67.0 Å². The van der Waals surface area contributed by atoms with Gasteiger partial charge in [0.1, 0.15) is 19.8 Å². The lowest BCUT2D eigenvalue weighted by Crippen LogP contribution is -2.56. The van der Waals surface area contributed by atoms with Gasteiger partial charge in [0, 0.05) is 0 Å². The molecule has 0 heterocycles. The molecule has 1 saturated carbocycles. The molecule has 0 aromatic rings. The molecule has 1 rings (SSSR count). The molecule has 0 aromatic carbocycles. The van der Waals surface area contributed by atoms with Gasteiger partial charge in [-0.2, -0.15) is 43.9 Å². The highest BCUT2D eigenvalue weighted by molar-refractivity contribution is 5.17. The first-order valence-corrected chi connectivity index (χ1v) is 8.27. The van der Waals surface area contributed by atoms with E-state index in [0.29, 0.717) is 0 Å². The molecule has 0 aromatic heterocycles. The van der Waals surface area contributed by atoms with Crippen LogP contribution in [-0.2, 0) is 14.2 Å². The standard InChI is InChI=1S/C14H11F17O3/c15-6(16)9(21,22)1-32-4-5(33-2-10(23,24)7(17)18)13(29,14(30,31)12(4,27)28)34-3-11(25,26)8(19)20/h4-8H,1-3H2/t4-,5+,13?/m1/s1. The van der Waals surface area contributed by atoms with Crippen molar-refractivity contribution in [2.24, 2.45) is 0 Å². The highest BCUT2D eigenvalue weighted by atomic mass is 19.3. The van der Waals surface area contributed by atoms with Crippen molar-refractivity contribution in [3.63, 3.8) is 0 Å². The first kappa shape index (κ1) is 30.7. The Labute approximate surface area is 177 Å². The molecule has 0 aliphatic heterocycles. The van der Waals surface area contributed by atoms with Gasteiger partial charge in [0.25, 0.3) is 0 Å². The average Bonchev–Trinajstić information content (AvgIpc) is 2.77. The van der Waals surface area contributed by atoms with E-state index in [4.69, 9.17) is 0 Å². The third kappa shape index (κ3) is 5.57. The molecule has 1 aliphatic carbocycles. The predicted octanol–water partition coefficient (Wildman–Crippen LogP) is 5.42. The van der Waals surface area contributed by atoms with Gasteiger partial charge in [-0.25, -0.2) is 30.7 Å². The van der Waals surface area contributed by atoms with E-state index in [1.807, 2.05) is 0 Å². The zero-order valence-electron chi connectivity index (χ0n) is 15.7. The van der Waals surface area contributed by atoms with Crippen LogP contribution in [0.3, 0.4) is 0 Å². The normalized spacial score (nSPS) is 27.9. The van der Waals surface area contributed by atoms with Crippen molar-refractivity contribution in [1.29, 1.82) is 0 Å². The zero-order chi connectivity index (χ0) is 27.1. The highest BCUT2D eigenvalue weighted by Crippen LogP contribution is 2.59. The molecule has 20 heteroatoms. The van der Waals surface area contributed by atoms with E-state index in [1.165, 1.54) is 0 Å². The SMILES string of the molecule is FC(F)C(F)(F)CO[C@@H]1[C@H](OCC(F)(F)C(F)F)C(F)(OCC(F)(F)C(F)F)C(F)(F)C1(F)F. The first-order chi connectivity index (χ1) is 15.0. The van der Waals surface area contributed by atoms with Crippen LogP contribution in [0.4, 0.5) is 74.6 Å². The lowest BCUT2D eigenvalue weighted by atomic mass is 10.1. The number of alkyl halides is 17. The van der Waals surface area contributed by atoms with E-state index >= 15 is 0 Å². The maximum Gasteiger partial charge on any atom is 0.372 e. The molecule has 0 saturated heterocycles. The van der Waals surface area contributed by atoms with Crippen LogP contribution in [0.5, 0.6) is 0 Å². The van der Waals surface area contributed by atoms with Crippen molar-refractivity contribution < 1.29 is 88.8 Å². The van der Waals surface area contributed by atoms with E-state index in [0.717, 1.165) is 0 Å². The topological polar surface area (TPSA) is 27.7 Å². The Balaban J connectivity index is 3.46. The van der Waals surface area contributed by atoms with E-state index in [9.17, 15) is 74.6 Å². The Morgan fingerprint density at radius 2 is 0.882 bits per heavy atom. The molecule has 3 atom stereocenters. The summed E-state index contributed by atoms with van der Waals surface area (Å²) in [5.41, 5.74) is 0. The van der Waals surface area contributed by atoms with Crippen LogP contribution in [0.2, 0.25) is 0 Å². The summed E-state index contributed by atoms with van der Waals surface area (Å²) in [5.74, 6) is -35.2. The average molecular weight is 550 g/mol. The molecule has 0 amide bonds. The van der Waals surface area contributed by atoms with Gasteiger partial charge in [-0.05, 0) is 0 Å². The Bertz CT molecular complexity index is 684. The van der Waals surface area contributed by atoms with Crippen LogP contribution < -0.4 is 0 Å². The first-order valence-electron chi connectivity index (χ1n) is 8.27. The van der Waals surface area contributed by atoms with Gasteiger partial charge in [0.05, 0.1) is 0 Å². The van der Waals surface area contributed by atoms with Crippen LogP contribution in [0.25, 0.3) is 0 Å². The summed E-state index contributed by atoms with van der Waals surface area (Å²) in [7, 11) is 0. The quantitative estimate of drug-likeness (QED) is 0.304. The number of ether oxygens (including phenoxy) is 3. The van der Waals surface area contributed by atoms with Crippen LogP contribution in [0, 0.1) is 0 Å². The number of rotatable bonds is 12. The number of hydrogen-bond donors (Lipinski definition) is 0. The monoisotopic (exact) mass is 550 g/mol. The van der Waals surface area contributed by atoms with Gasteiger partial charge in [-0.15, -0.1) is 0 Å². The highest BCUT2D eigenvalue weighted by Gasteiger charge is 2.86. The lowest BCUT2D eigenvalue weighted by molar-refractivity contribution is -0.348. The molecule has 3 nitrogen and oxygen atoms in total. The minimum absolute atomic E-state index is 2.95. The van der Waals surface area contributed by atoms with Crippen LogP contribution in [-0.4, -0.2) is 86.8 Å². The van der Waals surface area contributed by atoms with Gasteiger partial charge in [-0.3, -0.25) is 0 Å². The summed E-state index contributed by atoms with van der Waals surface area (Å²) in [6, 6.07) is 0. The molecule has 0 radical (unpaired) electrons. The number of hydrogen-bond acceptors (Lipinski definition) is 3. The molecule has 34 heavy (non-hydrogen) atoms. The second-order valence-corrected chi connectivity index (χ2v) is 6.78. The second-order valence-electron chi connectivity index (χ2n) is 6.78. The Morgan fingerprint density at radius 3 is 1.24 bits per heavy atom. The minimum Gasteiger partial charge on any atom is -0.363 e. The van der Waals surface area contributed by atoms with Crippen molar-refractivity contribution >= 4 is 0 Å². The Kier molecular flexibility index (Phi) is 8.70. The zero-order valence-corrected chi connectivity index (χ0v) is 15.7. The Morgan fingerprint density at radius 1 is 0.559 bits per heavy atom. The van der Waals surface area contributed by atoms with Crippen molar-refractivity contribution in [3.8, 4) is 0 Å². The summed E-state index contributed by atoms with van der Waals surface area (Å²) in [6.07, 6.45) is -22.9. The third-order valence-corrected chi connectivity index (χ3v) is 4.19. The molecule has 204 valence electrons. The van der Waals surface area contributed by atoms with E-state index in [-0.39, 0.29) is 0 Å². The molecule has 0 bridgehead atoms. The molecule has 1 fully saturated rings. The summed E-state index contributed by atoms with van der Waals surface area (Å²) in [6.45, 7) is -9.08. The van der Waals surface area contributed by atoms with Gasteiger partial charge in [0.15, 0.2) is 12.2 Å². The molecular weight excluding hydrogens is 539 g/mol. The summed E-state index contributed by atoms with van der Waals surface area (Å²) >= 11 is 0. The molecule has 0 spiro atoms. The van der Waals surface area contributed by atoms with E-state index in [1.54, 1.807) is 0 Å². The maximum atomic E-state index is 14.8. The van der Waals surface area contributed by atoms with E-state index < -0.39 is 86.8 Å². The largest absolute Gasteiger partial charge is 0.372 e. The lowest BCUT2D eigenvalue weighted by Gasteiger charge is -2.33. The fraction of sp³-hybridized carbons (Fsp3) is 1.00. The van der Waals surface area contributed by atoms with Gasteiger partial charge < -0.3 is 14.2 Å². The third-order valence-electron chi connectivity index (χ3n) is 4.19. The van der Waals surface area contributed by atoms with Crippen LogP contribution in [0.1, 0.15) is 0 Å². The molecular formula is C14H11F17O3.